The first-order valence-corrected chi connectivity index (χ1v) is 7.06. The Hall–Kier alpha value is -2.99. The number of halogens is 1. The summed E-state index contributed by atoms with van der Waals surface area (Å²) in [6.07, 6.45) is 1.53. The largest absolute Gasteiger partial charge is 0.494 e. The van der Waals surface area contributed by atoms with Gasteiger partial charge in [0, 0.05) is 24.0 Å². The van der Waals surface area contributed by atoms with E-state index in [9.17, 15) is 15.0 Å². The van der Waals surface area contributed by atoms with Crippen molar-refractivity contribution in [2.24, 2.45) is 0 Å². The summed E-state index contributed by atoms with van der Waals surface area (Å²) < 4.78 is 1.19. The van der Waals surface area contributed by atoms with Crippen molar-refractivity contribution >= 4 is 23.2 Å². The Balaban J connectivity index is 1.87. The van der Waals surface area contributed by atoms with E-state index in [0.29, 0.717) is 11.4 Å². The number of rotatable bonds is 3. The summed E-state index contributed by atoms with van der Waals surface area (Å²) in [4.78, 5) is 16.0. The molecule has 0 radical (unpaired) electrons. The molecule has 0 bridgehead atoms. The van der Waals surface area contributed by atoms with Crippen molar-refractivity contribution in [2.75, 3.05) is 5.32 Å². The van der Waals surface area contributed by atoms with Crippen molar-refractivity contribution in [3.63, 3.8) is 0 Å². The Bertz CT molecular complexity index is 843. The van der Waals surface area contributed by atoms with Crippen LogP contribution >= 0.6 is 11.6 Å². The quantitative estimate of drug-likeness (QED) is 0.688. The molecule has 3 aromatic rings. The standard InChI is InChI=1S/C16H12ClN3O3/c17-11-9-10(19-16(23)12-3-1-2-8-18-12)4-5-13(11)20-14(21)6-7-15(20)22/h1-9,21-22H,(H,19,23). The molecule has 0 saturated carbocycles. The minimum Gasteiger partial charge on any atom is -0.494 e. The fourth-order valence-corrected chi connectivity index (χ4v) is 2.39. The van der Waals surface area contributed by atoms with E-state index in [4.69, 9.17) is 11.6 Å². The first-order valence-electron chi connectivity index (χ1n) is 6.68. The number of aromatic nitrogens is 2. The first-order chi connectivity index (χ1) is 11.1. The van der Waals surface area contributed by atoms with Gasteiger partial charge in [0.1, 0.15) is 5.69 Å². The molecule has 0 aliphatic carbocycles. The Morgan fingerprint density at radius 3 is 2.43 bits per heavy atom. The highest BCUT2D eigenvalue weighted by molar-refractivity contribution is 6.32. The van der Waals surface area contributed by atoms with Crippen LogP contribution in [0.2, 0.25) is 5.02 Å². The lowest BCUT2D eigenvalue weighted by Crippen LogP contribution is -2.13. The van der Waals surface area contributed by atoms with Crippen molar-refractivity contribution in [3.8, 4) is 17.4 Å². The van der Waals surface area contributed by atoms with Crippen LogP contribution in [0, 0.1) is 0 Å². The van der Waals surface area contributed by atoms with Crippen molar-refractivity contribution in [2.45, 2.75) is 0 Å². The molecule has 23 heavy (non-hydrogen) atoms. The minimum atomic E-state index is -0.360. The van der Waals surface area contributed by atoms with Crippen LogP contribution in [-0.4, -0.2) is 25.7 Å². The van der Waals surface area contributed by atoms with Gasteiger partial charge in [0.25, 0.3) is 5.91 Å². The lowest BCUT2D eigenvalue weighted by molar-refractivity contribution is 0.102. The predicted octanol–water partition coefficient (Wildman–Crippen LogP) is 3.19. The summed E-state index contributed by atoms with van der Waals surface area (Å²) in [7, 11) is 0. The Kier molecular flexibility index (Phi) is 3.91. The SMILES string of the molecule is O=C(Nc1ccc(-n2c(O)ccc2O)c(Cl)c1)c1ccccn1. The number of hydrogen-bond donors (Lipinski definition) is 3. The highest BCUT2D eigenvalue weighted by Crippen LogP contribution is 2.32. The van der Waals surface area contributed by atoms with E-state index < -0.39 is 0 Å². The van der Waals surface area contributed by atoms with Gasteiger partial charge >= 0.3 is 0 Å². The van der Waals surface area contributed by atoms with Crippen LogP contribution in [0.4, 0.5) is 5.69 Å². The average Bonchev–Trinajstić information content (AvgIpc) is 2.88. The van der Waals surface area contributed by atoms with Gasteiger partial charge in [-0.05, 0) is 30.3 Å². The molecule has 0 atom stereocenters. The molecule has 0 fully saturated rings. The number of nitrogens with zero attached hydrogens (tertiary/aromatic N) is 2. The summed E-state index contributed by atoms with van der Waals surface area (Å²) in [6, 6.07) is 12.5. The topological polar surface area (TPSA) is 87.4 Å². The lowest BCUT2D eigenvalue weighted by atomic mass is 10.2. The molecule has 0 aliphatic heterocycles. The van der Waals surface area contributed by atoms with E-state index in [-0.39, 0.29) is 28.4 Å². The molecule has 2 heterocycles. The maximum absolute atomic E-state index is 12.0. The number of pyridine rings is 1. The van der Waals surface area contributed by atoms with Gasteiger partial charge in [0.15, 0.2) is 11.8 Å². The van der Waals surface area contributed by atoms with Crippen molar-refractivity contribution < 1.29 is 15.0 Å². The number of anilines is 1. The molecule has 0 aliphatic rings. The summed E-state index contributed by atoms with van der Waals surface area (Å²) in [6.45, 7) is 0. The van der Waals surface area contributed by atoms with Gasteiger partial charge in [-0.3, -0.25) is 14.3 Å². The Morgan fingerprint density at radius 1 is 1.09 bits per heavy atom. The Morgan fingerprint density at radius 2 is 1.83 bits per heavy atom. The molecule has 3 rings (SSSR count). The van der Waals surface area contributed by atoms with E-state index in [0.717, 1.165) is 0 Å². The second-order valence-corrected chi connectivity index (χ2v) is 5.13. The zero-order valence-corrected chi connectivity index (χ0v) is 12.5. The van der Waals surface area contributed by atoms with Gasteiger partial charge in [-0.2, -0.15) is 0 Å². The van der Waals surface area contributed by atoms with Crippen LogP contribution < -0.4 is 5.32 Å². The number of carbonyl (C=O) groups excluding carboxylic acids is 1. The van der Waals surface area contributed by atoms with E-state index in [1.165, 1.54) is 29.0 Å². The molecule has 0 unspecified atom stereocenters. The monoisotopic (exact) mass is 329 g/mol. The predicted molar refractivity (Wildman–Crippen MR) is 86.3 cm³/mol. The average molecular weight is 330 g/mol. The number of hydrogen-bond acceptors (Lipinski definition) is 4. The summed E-state index contributed by atoms with van der Waals surface area (Å²) in [5, 5.41) is 22.4. The second kappa shape index (κ2) is 6.02. The highest BCUT2D eigenvalue weighted by atomic mass is 35.5. The van der Waals surface area contributed by atoms with Crippen LogP contribution in [0.1, 0.15) is 10.5 Å². The van der Waals surface area contributed by atoms with Crippen molar-refractivity contribution in [1.29, 1.82) is 0 Å². The summed E-state index contributed by atoms with van der Waals surface area (Å²) in [5.74, 6) is -0.648. The maximum atomic E-state index is 12.0. The molecule has 7 heteroatoms. The number of nitrogens with one attached hydrogen (secondary N) is 1. The molecule has 0 saturated heterocycles. The minimum absolute atomic E-state index is 0.144. The summed E-state index contributed by atoms with van der Waals surface area (Å²) >= 11 is 6.18. The van der Waals surface area contributed by atoms with E-state index in [1.54, 1.807) is 30.3 Å². The molecule has 1 amide bonds. The smallest absolute Gasteiger partial charge is 0.274 e. The van der Waals surface area contributed by atoms with Gasteiger partial charge in [0.05, 0.1) is 10.7 Å². The Labute approximate surface area is 136 Å². The van der Waals surface area contributed by atoms with Crippen LogP contribution in [0.25, 0.3) is 5.69 Å². The molecule has 6 nitrogen and oxygen atoms in total. The molecule has 1 aromatic carbocycles. The normalized spacial score (nSPS) is 10.5. The van der Waals surface area contributed by atoms with E-state index >= 15 is 0 Å². The van der Waals surface area contributed by atoms with Crippen molar-refractivity contribution in [3.05, 3.63) is 65.4 Å². The van der Waals surface area contributed by atoms with Crippen molar-refractivity contribution in [1.82, 2.24) is 9.55 Å². The van der Waals surface area contributed by atoms with E-state index in [1.807, 2.05) is 0 Å². The van der Waals surface area contributed by atoms with Gasteiger partial charge in [-0.15, -0.1) is 0 Å². The number of aromatic hydroxyl groups is 2. The molecule has 0 spiro atoms. The molecule has 116 valence electrons. The number of amides is 1. The molecule has 3 N–H and O–H groups in total. The maximum Gasteiger partial charge on any atom is 0.274 e. The highest BCUT2D eigenvalue weighted by Gasteiger charge is 2.13. The third-order valence-electron chi connectivity index (χ3n) is 3.18. The fourth-order valence-electron chi connectivity index (χ4n) is 2.12. The second-order valence-electron chi connectivity index (χ2n) is 4.72. The van der Waals surface area contributed by atoms with Crippen LogP contribution in [0.15, 0.2) is 54.7 Å². The zero-order chi connectivity index (χ0) is 16.4. The van der Waals surface area contributed by atoms with Gasteiger partial charge in [-0.1, -0.05) is 17.7 Å². The summed E-state index contributed by atoms with van der Waals surface area (Å²) in [5.41, 5.74) is 1.15. The number of carbonyl (C=O) groups is 1. The number of benzene rings is 1. The van der Waals surface area contributed by atoms with Crippen LogP contribution in [0.3, 0.4) is 0 Å². The van der Waals surface area contributed by atoms with Crippen LogP contribution in [-0.2, 0) is 0 Å². The van der Waals surface area contributed by atoms with Crippen LogP contribution in [0.5, 0.6) is 11.8 Å². The third-order valence-corrected chi connectivity index (χ3v) is 3.49. The zero-order valence-electron chi connectivity index (χ0n) is 11.8. The third kappa shape index (κ3) is 2.97. The fraction of sp³-hybridized carbons (Fsp3) is 0. The molecular formula is C16H12ClN3O3. The molecular weight excluding hydrogens is 318 g/mol. The lowest BCUT2D eigenvalue weighted by Gasteiger charge is -2.11. The van der Waals surface area contributed by atoms with Gasteiger partial charge < -0.3 is 15.5 Å². The first kappa shape index (κ1) is 14.9. The van der Waals surface area contributed by atoms with E-state index in [2.05, 4.69) is 10.3 Å². The van der Waals surface area contributed by atoms with Gasteiger partial charge in [0.2, 0.25) is 0 Å². The molecule has 2 aromatic heterocycles. The van der Waals surface area contributed by atoms with Gasteiger partial charge in [-0.25, -0.2) is 0 Å².